The fourth-order valence-electron chi connectivity index (χ4n) is 10.2. The Kier molecular flexibility index (Phi) is 6.08. The van der Waals surface area contributed by atoms with Crippen LogP contribution in [0.2, 0.25) is 0 Å². The number of hydrogen-bond donors (Lipinski definition) is 2. The number of rotatable bonds is 8. The lowest BCUT2D eigenvalue weighted by Crippen LogP contribution is -2.49. The molecule has 0 spiro atoms. The average Bonchev–Trinajstić information content (AvgIpc) is 2.79. The van der Waals surface area contributed by atoms with E-state index >= 15 is 0 Å². The summed E-state index contributed by atoms with van der Waals surface area (Å²) in [6.45, 7) is 4.23. The van der Waals surface area contributed by atoms with Crippen LogP contribution < -0.4 is 10.9 Å². The van der Waals surface area contributed by atoms with Gasteiger partial charge in [0, 0.05) is 35.1 Å². The van der Waals surface area contributed by atoms with Crippen molar-refractivity contribution in [1.82, 2.24) is 10.9 Å². The first kappa shape index (κ1) is 23.7. The topological polar surface area (TPSA) is 82.9 Å². The van der Waals surface area contributed by atoms with Crippen LogP contribution in [0, 0.1) is 46.3 Å². The van der Waals surface area contributed by atoms with Gasteiger partial charge in [-0.1, -0.05) is 0 Å². The van der Waals surface area contributed by atoms with Crippen molar-refractivity contribution in [1.29, 1.82) is 0 Å². The minimum absolute atomic E-state index is 0.0878. The molecule has 6 heteroatoms. The molecule has 8 aliphatic carbocycles. The number of nitrogens with zero attached hydrogens (tertiary/aromatic N) is 2. The van der Waals surface area contributed by atoms with Crippen LogP contribution in [-0.2, 0) is 9.59 Å². The number of nitrogens with one attached hydrogen (secondary N) is 2. The standard InChI is InChI=1S/C29H44N4O2/c1-18(28-12-20-6-21(13-28)8-22(7-20)14-28)30-32-26(34)4-3-5-27(35)33-31-19(2)29-15-23-9-24(16-29)11-25(10-23)17-29/h20-25H,3-17H2,1-2H3,(H,32,34)(H,33,35). The lowest BCUT2D eigenvalue weighted by molar-refractivity contribution is -0.122. The van der Waals surface area contributed by atoms with Crippen LogP contribution >= 0.6 is 0 Å². The van der Waals surface area contributed by atoms with Gasteiger partial charge in [-0.2, -0.15) is 10.2 Å². The van der Waals surface area contributed by atoms with E-state index in [4.69, 9.17) is 0 Å². The molecule has 192 valence electrons. The predicted molar refractivity (Wildman–Crippen MR) is 138 cm³/mol. The molecule has 8 fully saturated rings. The number of amides is 2. The van der Waals surface area contributed by atoms with Gasteiger partial charge in [-0.25, -0.2) is 10.9 Å². The molecule has 2 amide bonds. The van der Waals surface area contributed by atoms with E-state index in [1.54, 1.807) is 0 Å². The Labute approximate surface area is 210 Å². The maximum absolute atomic E-state index is 12.4. The van der Waals surface area contributed by atoms with Gasteiger partial charge < -0.3 is 0 Å². The zero-order valence-corrected chi connectivity index (χ0v) is 21.8. The van der Waals surface area contributed by atoms with Crippen LogP contribution in [0.25, 0.3) is 0 Å². The van der Waals surface area contributed by atoms with E-state index in [9.17, 15) is 9.59 Å². The molecule has 0 heterocycles. The number of hydrogen-bond acceptors (Lipinski definition) is 4. The van der Waals surface area contributed by atoms with E-state index in [2.05, 4.69) is 34.9 Å². The maximum atomic E-state index is 12.4. The van der Waals surface area contributed by atoms with E-state index in [0.29, 0.717) is 19.3 Å². The molecular formula is C29H44N4O2. The van der Waals surface area contributed by atoms with Crippen LogP contribution in [-0.4, -0.2) is 23.2 Å². The normalized spacial score (nSPS) is 43.5. The SMILES string of the molecule is CC(=NNC(=O)CCCC(=O)NN=C(C)C12CC3CC(CC(C3)C1)C2)C12CC3CC(CC(C3)C1)C2. The molecule has 8 aliphatic rings. The Morgan fingerprint density at radius 2 is 0.886 bits per heavy atom. The smallest absolute Gasteiger partial charge is 0.240 e. The van der Waals surface area contributed by atoms with Crippen LogP contribution in [0.5, 0.6) is 0 Å². The summed E-state index contributed by atoms with van der Waals surface area (Å²) in [5.74, 6) is 5.05. The van der Waals surface area contributed by atoms with Crippen LogP contribution in [0.15, 0.2) is 10.2 Å². The minimum atomic E-state index is -0.0878. The number of carbonyl (C=O) groups is 2. The molecule has 8 bridgehead atoms. The fraction of sp³-hybridized carbons (Fsp3) is 0.862. The van der Waals surface area contributed by atoms with Crippen molar-refractivity contribution >= 4 is 23.2 Å². The Hall–Kier alpha value is -1.72. The fourth-order valence-corrected chi connectivity index (χ4v) is 10.2. The Morgan fingerprint density at radius 1 is 0.600 bits per heavy atom. The number of hydrazone groups is 2. The van der Waals surface area contributed by atoms with Crippen molar-refractivity contribution in [2.75, 3.05) is 0 Å². The molecule has 6 nitrogen and oxygen atoms in total. The van der Waals surface area contributed by atoms with Crippen LogP contribution in [0.3, 0.4) is 0 Å². The second kappa shape index (κ2) is 8.99. The summed E-state index contributed by atoms with van der Waals surface area (Å²) in [6.07, 6.45) is 17.2. The summed E-state index contributed by atoms with van der Waals surface area (Å²) in [7, 11) is 0. The molecule has 0 aromatic rings. The molecule has 0 unspecified atom stereocenters. The molecule has 2 N–H and O–H groups in total. The van der Waals surface area contributed by atoms with Gasteiger partial charge in [0.15, 0.2) is 0 Å². The third kappa shape index (κ3) is 4.59. The summed E-state index contributed by atoms with van der Waals surface area (Å²) in [5.41, 5.74) is 8.30. The molecule has 35 heavy (non-hydrogen) atoms. The molecule has 0 aromatic carbocycles. The van der Waals surface area contributed by atoms with Gasteiger partial charge in [-0.15, -0.1) is 0 Å². The van der Waals surface area contributed by atoms with Gasteiger partial charge in [0.1, 0.15) is 0 Å². The molecule has 0 atom stereocenters. The van der Waals surface area contributed by atoms with E-state index in [0.717, 1.165) is 46.9 Å². The predicted octanol–water partition coefficient (Wildman–Crippen LogP) is 5.57. The molecule has 0 aromatic heterocycles. The Bertz CT molecular complexity index is 790. The molecule has 0 radical (unpaired) electrons. The first-order chi connectivity index (χ1) is 16.8. The first-order valence-electron chi connectivity index (χ1n) is 14.5. The highest BCUT2D eigenvalue weighted by Gasteiger charge is 2.53. The average molecular weight is 481 g/mol. The highest BCUT2D eigenvalue weighted by Crippen LogP contribution is 2.61. The zero-order chi connectivity index (χ0) is 24.2. The van der Waals surface area contributed by atoms with E-state index < -0.39 is 0 Å². The minimum Gasteiger partial charge on any atom is -0.273 e. The second-order valence-corrected chi connectivity index (χ2v) is 13.7. The van der Waals surface area contributed by atoms with Gasteiger partial charge in [0.2, 0.25) is 11.8 Å². The summed E-state index contributed by atoms with van der Waals surface area (Å²) in [4.78, 5) is 24.8. The lowest BCUT2D eigenvalue weighted by atomic mass is 9.48. The van der Waals surface area contributed by atoms with Gasteiger partial charge >= 0.3 is 0 Å². The van der Waals surface area contributed by atoms with Crippen molar-refractivity contribution in [2.45, 2.75) is 110 Å². The summed E-state index contributed by atoms with van der Waals surface area (Å²) >= 11 is 0. The van der Waals surface area contributed by atoms with Gasteiger partial charge in [-0.3, -0.25) is 9.59 Å². The van der Waals surface area contributed by atoms with E-state index in [-0.39, 0.29) is 22.6 Å². The van der Waals surface area contributed by atoms with Crippen molar-refractivity contribution in [3.63, 3.8) is 0 Å². The van der Waals surface area contributed by atoms with E-state index in [1.807, 2.05) is 0 Å². The summed E-state index contributed by atoms with van der Waals surface area (Å²) < 4.78 is 0. The van der Waals surface area contributed by atoms with Crippen molar-refractivity contribution in [2.24, 2.45) is 56.5 Å². The quantitative estimate of drug-likeness (QED) is 0.351. The Morgan fingerprint density at radius 3 is 1.17 bits per heavy atom. The molecule has 0 aliphatic heterocycles. The summed E-state index contributed by atoms with van der Waals surface area (Å²) in [5, 5.41) is 9.11. The molecular weight excluding hydrogens is 436 g/mol. The third-order valence-corrected chi connectivity index (χ3v) is 11.1. The van der Waals surface area contributed by atoms with Crippen LogP contribution in [0.1, 0.15) is 110 Å². The molecule has 0 saturated heterocycles. The van der Waals surface area contributed by atoms with Gasteiger partial charge in [0.05, 0.1) is 0 Å². The van der Waals surface area contributed by atoms with Gasteiger partial charge in [-0.05, 0) is 133 Å². The summed E-state index contributed by atoms with van der Waals surface area (Å²) in [6, 6.07) is 0. The largest absolute Gasteiger partial charge is 0.273 e. The lowest BCUT2D eigenvalue weighted by Gasteiger charge is -2.56. The Balaban J connectivity index is 0.942. The monoisotopic (exact) mass is 480 g/mol. The van der Waals surface area contributed by atoms with E-state index in [1.165, 1.54) is 77.0 Å². The highest BCUT2D eigenvalue weighted by molar-refractivity contribution is 5.90. The van der Waals surface area contributed by atoms with Crippen molar-refractivity contribution in [3.8, 4) is 0 Å². The molecule has 8 saturated carbocycles. The molecule has 8 rings (SSSR count). The number of carbonyl (C=O) groups excluding carboxylic acids is 2. The van der Waals surface area contributed by atoms with Gasteiger partial charge in [0.25, 0.3) is 0 Å². The second-order valence-electron chi connectivity index (χ2n) is 13.7. The first-order valence-corrected chi connectivity index (χ1v) is 14.5. The van der Waals surface area contributed by atoms with Crippen molar-refractivity contribution < 1.29 is 9.59 Å². The maximum Gasteiger partial charge on any atom is 0.240 e. The third-order valence-electron chi connectivity index (χ3n) is 11.1. The zero-order valence-electron chi connectivity index (χ0n) is 21.8. The van der Waals surface area contributed by atoms with Crippen molar-refractivity contribution in [3.05, 3.63) is 0 Å². The highest BCUT2D eigenvalue weighted by atomic mass is 16.2. The van der Waals surface area contributed by atoms with Crippen LogP contribution in [0.4, 0.5) is 0 Å².